The van der Waals surface area contributed by atoms with E-state index in [0.717, 1.165) is 32.1 Å². The van der Waals surface area contributed by atoms with Crippen LogP contribution < -0.4 is 20.1 Å². The fraction of sp³-hybridized carbons (Fsp3) is 0.375. The Morgan fingerprint density at radius 3 is 2.22 bits per heavy atom. The van der Waals surface area contributed by atoms with E-state index >= 15 is 0 Å². The van der Waals surface area contributed by atoms with Crippen LogP contribution in [0, 0.1) is 5.92 Å². The van der Waals surface area contributed by atoms with Gasteiger partial charge in [0.15, 0.2) is 18.1 Å². The van der Waals surface area contributed by atoms with E-state index in [0.29, 0.717) is 17.2 Å². The Bertz CT molecular complexity index is 954. The van der Waals surface area contributed by atoms with Crippen LogP contribution in [0.25, 0.3) is 0 Å². The molecule has 8 nitrogen and oxygen atoms in total. The van der Waals surface area contributed by atoms with Gasteiger partial charge in [-0.25, -0.2) is 4.79 Å². The summed E-state index contributed by atoms with van der Waals surface area (Å²) in [6.45, 7) is -0.474. The summed E-state index contributed by atoms with van der Waals surface area (Å²) in [6.07, 6.45) is 4.78. The third kappa shape index (κ3) is 6.00. The summed E-state index contributed by atoms with van der Waals surface area (Å²) in [5.74, 6) is -0.801. The Kier molecular flexibility index (Phi) is 8.08. The topological polar surface area (TPSA) is 103 Å². The molecule has 8 heteroatoms. The molecule has 1 aliphatic carbocycles. The van der Waals surface area contributed by atoms with Crippen LogP contribution in [0.5, 0.6) is 11.5 Å². The van der Waals surface area contributed by atoms with Crippen molar-refractivity contribution in [2.45, 2.75) is 32.1 Å². The lowest BCUT2D eigenvalue weighted by Gasteiger charge is -2.22. The van der Waals surface area contributed by atoms with Gasteiger partial charge >= 0.3 is 5.97 Å². The van der Waals surface area contributed by atoms with Crippen LogP contribution in [0.2, 0.25) is 0 Å². The number of amides is 2. The van der Waals surface area contributed by atoms with Crippen LogP contribution in [0.15, 0.2) is 42.5 Å². The van der Waals surface area contributed by atoms with Gasteiger partial charge in [0, 0.05) is 23.7 Å². The highest BCUT2D eigenvalue weighted by atomic mass is 16.5. The van der Waals surface area contributed by atoms with Crippen molar-refractivity contribution in [3.8, 4) is 11.5 Å². The van der Waals surface area contributed by atoms with Gasteiger partial charge in [0.1, 0.15) is 0 Å². The van der Waals surface area contributed by atoms with Gasteiger partial charge in [-0.3, -0.25) is 9.59 Å². The predicted molar refractivity (Wildman–Crippen MR) is 120 cm³/mol. The molecule has 170 valence electrons. The number of methoxy groups -OCH3 is 2. The van der Waals surface area contributed by atoms with Crippen molar-refractivity contribution >= 4 is 29.2 Å². The lowest BCUT2D eigenvalue weighted by Crippen LogP contribution is -2.26. The van der Waals surface area contributed by atoms with E-state index in [-0.39, 0.29) is 23.1 Å². The molecule has 3 rings (SSSR count). The summed E-state index contributed by atoms with van der Waals surface area (Å²) in [5, 5.41) is 5.49. The van der Waals surface area contributed by atoms with Gasteiger partial charge in [-0.05, 0) is 25.0 Å². The van der Waals surface area contributed by atoms with Crippen LogP contribution >= 0.6 is 0 Å². The monoisotopic (exact) mass is 440 g/mol. The molecule has 2 aromatic carbocycles. The molecule has 0 radical (unpaired) electrons. The minimum Gasteiger partial charge on any atom is -0.493 e. The Hall–Kier alpha value is -3.55. The van der Waals surface area contributed by atoms with Crippen molar-refractivity contribution in [3.05, 3.63) is 48.0 Å². The predicted octanol–water partition coefficient (Wildman–Crippen LogP) is 4.02. The molecule has 0 aromatic heterocycles. The first-order chi connectivity index (χ1) is 15.5. The summed E-state index contributed by atoms with van der Waals surface area (Å²) in [6, 6.07) is 11.8. The third-order valence-electron chi connectivity index (χ3n) is 5.37. The lowest BCUT2D eigenvalue weighted by molar-refractivity contribution is -0.121. The molecule has 0 unspecified atom stereocenters. The molecule has 0 bridgehead atoms. The number of hydrogen-bond donors (Lipinski definition) is 2. The quantitative estimate of drug-likeness (QED) is 0.601. The van der Waals surface area contributed by atoms with Crippen LogP contribution in [-0.2, 0) is 14.3 Å². The third-order valence-corrected chi connectivity index (χ3v) is 5.37. The summed E-state index contributed by atoms with van der Waals surface area (Å²) in [5.41, 5.74) is 0.936. The maximum absolute atomic E-state index is 12.8. The molecule has 2 aromatic rings. The van der Waals surface area contributed by atoms with Gasteiger partial charge in [-0.15, -0.1) is 0 Å². The van der Waals surface area contributed by atoms with Crippen LogP contribution in [-0.4, -0.2) is 38.6 Å². The molecule has 32 heavy (non-hydrogen) atoms. The van der Waals surface area contributed by atoms with Gasteiger partial charge in [0.2, 0.25) is 5.91 Å². The van der Waals surface area contributed by atoms with E-state index in [1.807, 2.05) is 6.07 Å². The minimum atomic E-state index is -0.756. The molecule has 0 atom stereocenters. The molecule has 2 N–H and O–H groups in total. The molecule has 0 heterocycles. The Morgan fingerprint density at radius 2 is 1.56 bits per heavy atom. The molecule has 1 fully saturated rings. The van der Waals surface area contributed by atoms with E-state index in [1.165, 1.54) is 26.4 Å². The Labute approximate surface area is 187 Å². The minimum absolute atomic E-state index is 0.0827. The van der Waals surface area contributed by atoms with Crippen molar-refractivity contribution in [1.82, 2.24) is 0 Å². The van der Waals surface area contributed by atoms with Crippen molar-refractivity contribution in [3.63, 3.8) is 0 Å². The second-order valence-electron chi connectivity index (χ2n) is 7.57. The summed E-state index contributed by atoms with van der Waals surface area (Å²) < 4.78 is 15.8. The highest BCUT2D eigenvalue weighted by Crippen LogP contribution is 2.35. The highest BCUT2D eigenvalue weighted by molar-refractivity contribution is 6.03. The van der Waals surface area contributed by atoms with Gasteiger partial charge < -0.3 is 24.8 Å². The van der Waals surface area contributed by atoms with E-state index in [1.54, 1.807) is 24.3 Å². The molecule has 1 aliphatic rings. The number of anilines is 2. The van der Waals surface area contributed by atoms with Crippen LogP contribution in [0.3, 0.4) is 0 Å². The standard InChI is InChI=1S/C24H28N2O6/c1-30-20-13-18(24(29)32-15-22(27)25-17-11-7-4-8-12-17)19(14-21(20)31-2)26-23(28)16-9-5-3-6-10-16/h4,7-8,11-14,16H,3,5-6,9-10,15H2,1-2H3,(H,25,27)(H,26,28). The lowest BCUT2D eigenvalue weighted by atomic mass is 9.88. The average molecular weight is 440 g/mol. The number of carbonyl (C=O) groups is 3. The first kappa shape index (κ1) is 23.1. The van der Waals surface area contributed by atoms with Crippen LogP contribution in [0.1, 0.15) is 42.5 Å². The summed E-state index contributed by atoms with van der Waals surface area (Å²) in [4.78, 5) is 37.7. The van der Waals surface area contributed by atoms with E-state index in [2.05, 4.69) is 10.6 Å². The molecule has 0 saturated heterocycles. The number of benzene rings is 2. The fourth-order valence-corrected chi connectivity index (χ4v) is 3.68. The van der Waals surface area contributed by atoms with Gasteiger partial charge in [0.25, 0.3) is 5.91 Å². The zero-order chi connectivity index (χ0) is 22.9. The summed E-state index contributed by atoms with van der Waals surface area (Å²) >= 11 is 0. The number of esters is 1. The van der Waals surface area contributed by atoms with E-state index in [4.69, 9.17) is 14.2 Å². The van der Waals surface area contributed by atoms with Crippen molar-refractivity contribution in [2.24, 2.45) is 5.92 Å². The zero-order valence-electron chi connectivity index (χ0n) is 18.3. The smallest absolute Gasteiger partial charge is 0.340 e. The van der Waals surface area contributed by atoms with E-state index in [9.17, 15) is 14.4 Å². The molecular weight excluding hydrogens is 412 g/mol. The SMILES string of the molecule is COc1cc(NC(=O)C2CCCCC2)c(C(=O)OCC(=O)Nc2ccccc2)cc1OC. The number of hydrogen-bond acceptors (Lipinski definition) is 6. The number of nitrogens with one attached hydrogen (secondary N) is 2. The number of carbonyl (C=O) groups excluding carboxylic acids is 3. The van der Waals surface area contributed by atoms with Gasteiger partial charge in [0.05, 0.1) is 25.5 Å². The normalized spacial score (nSPS) is 13.7. The molecular formula is C24H28N2O6. The Balaban J connectivity index is 1.74. The zero-order valence-corrected chi connectivity index (χ0v) is 18.3. The molecule has 0 aliphatic heterocycles. The largest absolute Gasteiger partial charge is 0.493 e. The van der Waals surface area contributed by atoms with Crippen molar-refractivity contribution in [1.29, 1.82) is 0 Å². The maximum atomic E-state index is 12.8. The number of para-hydroxylation sites is 1. The van der Waals surface area contributed by atoms with Gasteiger partial charge in [-0.2, -0.15) is 0 Å². The van der Waals surface area contributed by atoms with Gasteiger partial charge in [-0.1, -0.05) is 37.5 Å². The number of ether oxygens (including phenoxy) is 3. The first-order valence-corrected chi connectivity index (χ1v) is 10.6. The molecule has 2 amide bonds. The second kappa shape index (κ2) is 11.2. The van der Waals surface area contributed by atoms with Crippen molar-refractivity contribution < 1.29 is 28.6 Å². The molecule has 0 spiro atoms. The van der Waals surface area contributed by atoms with Crippen LogP contribution in [0.4, 0.5) is 11.4 Å². The Morgan fingerprint density at radius 1 is 0.906 bits per heavy atom. The fourth-order valence-electron chi connectivity index (χ4n) is 3.68. The average Bonchev–Trinajstić information content (AvgIpc) is 2.83. The molecule has 1 saturated carbocycles. The highest BCUT2D eigenvalue weighted by Gasteiger charge is 2.25. The maximum Gasteiger partial charge on any atom is 0.340 e. The summed E-state index contributed by atoms with van der Waals surface area (Å²) in [7, 11) is 2.91. The van der Waals surface area contributed by atoms with Crippen molar-refractivity contribution in [2.75, 3.05) is 31.5 Å². The second-order valence-corrected chi connectivity index (χ2v) is 7.57. The first-order valence-electron chi connectivity index (χ1n) is 10.6. The van der Waals surface area contributed by atoms with E-state index < -0.39 is 18.5 Å². The number of rotatable bonds is 8.